The molecule has 0 aromatic heterocycles. The molecule has 0 aromatic rings. The van der Waals surface area contributed by atoms with Crippen molar-refractivity contribution in [2.75, 3.05) is 6.61 Å². The predicted octanol–water partition coefficient (Wildman–Crippen LogP) is 2.17. The van der Waals surface area contributed by atoms with E-state index < -0.39 is 0 Å². The minimum Gasteiger partial charge on any atom is -0.294 e. The Kier molecular flexibility index (Phi) is 40.6. The Hall–Kier alpha value is 3.11. The van der Waals surface area contributed by atoms with Crippen LogP contribution in [0.3, 0.4) is 0 Å². The average molecular weight is 399 g/mol. The molecule has 6 heteroatoms. The van der Waals surface area contributed by atoms with E-state index in [0.29, 0.717) is 6.61 Å². The van der Waals surface area contributed by atoms with Gasteiger partial charge < -0.3 is 0 Å². The van der Waals surface area contributed by atoms with Gasteiger partial charge in [-0.15, -0.1) is 6.58 Å². The first-order chi connectivity index (χ1) is 3.77. The zero-order chi connectivity index (χ0) is 6.41. The monoisotopic (exact) mass is 399 g/mol. The van der Waals surface area contributed by atoms with Gasteiger partial charge in [0.05, 0.1) is 6.61 Å². The van der Waals surface area contributed by atoms with Crippen molar-refractivity contribution in [3.63, 3.8) is 0 Å². The summed E-state index contributed by atoms with van der Waals surface area (Å²) in [6.07, 6.45) is 0.787. The Balaban J connectivity index is -0.0000000817. The first-order valence-corrected chi connectivity index (χ1v) is 3.09. The molecule has 3 radical (unpaired) electrons. The number of hydrogen-bond donors (Lipinski definition) is 0. The van der Waals surface area contributed by atoms with E-state index in [1.807, 2.05) is 6.92 Å². The maximum Gasteiger partial charge on any atom is 0.327 e. The van der Waals surface area contributed by atoms with Gasteiger partial charge in [-0.05, 0) is 13.3 Å². The maximum atomic E-state index is 9.63. The molecule has 11 heavy (non-hydrogen) atoms. The topological polar surface area (TPSA) is 26.3 Å². The zero-order valence-electron chi connectivity index (χ0n) is 6.62. The van der Waals surface area contributed by atoms with Crippen molar-refractivity contribution in [2.24, 2.45) is 0 Å². The van der Waals surface area contributed by atoms with Gasteiger partial charge in [-0.1, -0.05) is 5.57 Å². The molecule has 0 unspecified atom stereocenters. The molecule has 0 aliphatic rings. The summed E-state index contributed by atoms with van der Waals surface area (Å²) in [6, 6.07) is 0. The van der Waals surface area contributed by atoms with E-state index in [-0.39, 0.29) is 107 Å². The van der Waals surface area contributed by atoms with Gasteiger partial charge in [-0.2, -0.15) is 0 Å². The van der Waals surface area contributed by atoms with Gasteiger partial charge in [0.25, 0.3) is 0 Å². The van der Waals surface area contributed by atoms with Crippen LogP contribution in [0.25, 0.3) is 0 Å². The van der Waals surface area contributed by atoms with Crippen LogP contribution in [0, 0.1) is 0 Å². The van der Waals surface area contributed by atoms with E-state index in [9.17, 15) is 4.57 Å². The summed E-state index contributed by atoms with van der Waals surface area (Å²) < 4.78 is 14.1. The molecular formula is C5H9O2PY3. The van der Waals surface area contributed by atoms with E-state index >= 15 is 0 Å². The Morgan fingerprint density at radius 2 is 1.91 bits per heavy atom. The molecule has 0 aliphatic heterocycles. The summed E-state index contributed by atoms with van der Waals surface area (Å²) in [7, 11) is -0.241. The van der Waals surface area contributed by atoms with Crippen LogP contribution in [-0.2, 0) is 107 Å². The molecule has 0 N–H and O–H groups in total. The molecule has 0 atom stereocenters. The van der Waals surface area contributed by atoms with E-state index in [2.05, 4.69) is 11.1 Å². The third-order valence-electron chi connectivity index (χ3n) is 0.673. The second-order valence-corrected chi connectivity index (χ2v) is 2.02. The first-order valence-electron chi connectivity index (χ1n) is 2.36. The molecule has 0 rings (SSSR count). The summed E-state index contributed by atoms with van der Waals surface area (Å²) >= 11 is 0. The van der Waals surface area contributed by atoms with Crippen molar-refractivity contribution in [2.45, 2.75) is 13.3 Å². The molecule has 0 amide bonds. The molecule has 0 aromatic carbocycles. The van der Waals surface area contributed by atoms with E-state index in [1.54, 1.807) is 0 Å². The summed E-state index contributed by atoms with van der Waals surface area (Å²) in [5.41, 5.74) is 1.05. The van der Waals surface area contributed by atoms with Crippen molar-refractivity contribution >= 4 is 8.69 Å². The van der Waals surface area contributed by atoms with Gasteiger partial charge in [0.2, 0.25) is 0 Å². The second kappa shape index (κ2) is 18.8. The predicted molar refractivity (Wildman–Crippen MR) is 33.0 cm³/mol. The van der Waals surface area contributed by atoms with Gasteiger partial charge in [-0.3, -0.25) is 4.52 Å². The molecule has 0 bridgehead atoms. The van der Waals surface area contributed by atoms with Crippen molar-refractivity contribution in [3.8, 4) is 0 Å². The van der Waals surface area contributed by atoms with Crippen molar-refractivity contribution < 1.29 is 107 Å². The normalized spacial score (nSPS) is 7.00. The summed E-state index contributed by atoms with van der Waals surface area (Å²) in [5.74, 6) is 0. The maximum absolute atomic E-state index is 9.63. The van der Waals surface area contributed by atoms with Gasteiger partial charge >= 0.3 is 8.69 Å². The minimum absolute atomic E-state index is 0. The Morgan fingerprint density at radius 3 is 2.18 bits per heavy atom. The summed E-state index contributed by atoms with van der Waals surface area (Å²) in [4.78, 5) is 0. The van der Waals surface area contributed by atoms with Crippen LogP contribution in [0.2, 0.25) is 0 Å². The Morgan fingerprint density at radius 1 is 1.45 bits per heavy atom. The standard InChI is InChI=1S/C5H9O2P.3Y/c1-5(2)3-4-7-8-6;;;/h1,3-4H2,2H3;;;. The molecule has 55 valence electrons. The number of hydrogen-bond acceptors (Lipinski definition) is 2. The van der Waals surface area contributed by atoms with Gasteiger partial charge in [-0.25, -0.2) is 4.57 Å². The largest absolute Gasteiger partial charge is 0.327 e. The van der Waals surface area contributed by atoms with Crippen molar-refractivity contribution in [1.82, 2.24) is 0 Å². The van der Waals surface area contributed by atoms with Crippen LogP contribution in [-0.4, -0.2) is 6.61 Å². The zero-order valence-corrected chi connectivity index (χ0v) is 16.0. The first kappa shape index (κ1) is 23.7. The molecular weight excluding hydrogens is 390 g/mol. The fourth-order valence-electron chi connectivity index (χ4n) is 0.257. The Bertz CT molecular complexity index is 99.7. The molecule has 0 fully saturated rings. The minimum atomic E-state index is -0.241. The molecule has 0 spiro atoms. The third kappa shape index (κ3) is 24.6. The fourth-order valence-corrected chi connectivity index (χ4v) is 0.423. The molecule has 2 nitrogen and oxygen atoms in total. The van der Waals surface area contributed by atoms with Crippen molar-refractivity contribution in [3.05, 3.63) is 12.2 Å². The van der Waals surface area contributed by atoms with Crippen LogP contribution < -0.4 is 0 Å². The Labute approximate surface area is 145 Å². The van der Waals surface area contributed by atoms with Crippen molar-refractivity contribution in [1.29, 1.82) is 0 Å². The molecule has 0 saturated heterocycles. The molecule has 0 saturated carbocycles. The van der Waals surface area contributed by atoms with Gasteiger partial charge in [0, 0.05) is 98.1 Å². The third-order valence-corrected chi connectivity index (χ3v) is 0.961. The SMILES string of the molecule is C=C(C)CCOP=O.[Y].[Y].[Y]. The van der Waals surface area contributed by atoms with E-state index in [0.717, 1.165) is 12.0 Å². The fraction of sp³-hybridized carbons (Fsp3) is 0.600. The van der Waals surface area contributed by atoms with Gasteiger partial charge in [0.1, 0.15) is 0 Å². The van der Waals surface area contributed by atoms with Crippen LogP contribution in [0.5, 0.6) is 0 Å². The van der Waals surface area contributed by atoms with Crippen LogP contribution in [0.4, 0.5) is 0 Å². The second-order valence-electron chi connectivity index (χ2n) is 1.61. The van der Waals surface area contributed by atoms with E-state index in [4.69, 9.17) is 0 Å². The molecule has 0 aliphatic carbocycles. The summed E-state index contributed by atoms with van der Waals surface area (Å²) in [6.45, 7) is 6.05. The average Bonchev–Trinajstić information content (AvgIpc) is 1.66. The summed E-state index contributed by atoms with van der Waals surface area (Å²) in [5, 5.41) is 0. The smallest absolute Gasteiger partial charge is 0.294 e. The van der Waals surface area contributed by atoms with Crippen LogP contribution >= 0.6 is 8.69 Å². The van der Waals surface area contributed by atoms with E-state index in [1.165, 1.54) is 0 Å². The quantitative estimate of drug-likeness (QED) is 0.412. The van der Waals surface area contributed by atoms with Crippen LogP contribution in [0.1, 0.15) is 13.3 Å². The number of rotatable bonds is 4. The molecule has 0 heterocycles. The van der Waals surface area contributed by atoms with Crippen LogP contribution in [0.15, 0.2) is 12.2 Å². The van der Waals surface area contributed by atoms with Gasteiger partial charge in [0.15, 0.2) is 0 Å².